The average Bonchev–Trinajstić information content (AvgIpc) is 2.08. The van der Waals surface area contributed by atoms with Gasteiger partial charge in [0, 0.05) is 13.3 Å². The maximum absolute atomic E-state index is 11.0. The Hall–Kier alpha value is -1.04. The van der Waals surface area contributed by atoms with Gasteiger partial charge in [0.15, 0.2) is 20.7 Å². The smallest absolute Gasteiger partial charge is 0.194 e. The minimum atomic E-state index is -3.25. The molecule has 6 heteroatoms. The number of nitrogens with two attached hydrogens (primary N) is 1. The molecule has 5 nitrogen and oxygen atoms in total. The third kappa shape index (κ3) is 1.35. The van der Waals surface area contributed by atoms with Gasteiger partial charge in [-0.2, -0.15) is 0 Å². The van der Waals surface area contributed by atoms with Crippen molar-refractivity contribution < 1.29 is 8.42 Å². The summed E-state index contributed by atoms with van der Waals surface area (Å²) in [5, 5.41) is 0.0671. The van der Waals surface area contributed by atoms with Crippen LogP contribution < -0.4 is 5.73 Å². The Morgan fingerprint density at radius 3 is 2.36 bits per heavy atom. The Labute approximate surface area is 64.8 Å². The first-order chi connectivity index (χ1) is 4.93. The van der Waals surface area contributed by atoms with Crippen LogP contribution in [0.2, 0.25) is 0 Å². The summed E-state index contributed by atoms with van der Waals surface area (Å²) in [4.78, 5) is 3.64. The van der Waals surface area contributed by atoms with Crippen molar-refractivity contribution >= 4 is 15.7 Å². The molecule has 0 aromatic carbocycles. The lowest BCUT2D eigenvalue weighted by molar-refractivity contribution is 0.592. The van der Waals surface area contributed by atoms with Gasteiger partial charge in [-0.15, -0.1) is 0 Å². The highest BCUT2D eigenvalue weighted by molar-refractivity contribution is 7.90. The van der Waals surface area contributed by atoms with Crippen molar-refractivity contribution in [2.75, 3.05) is 12.0 Å². The van der Waals surface area contributed by atoms with Crippen LogP contribution in [0, 0.1) is 0 Å². The van der Waals surface area contributed by atoms with Crippen molar-refractivity contribution in [1.82, 2.24) is 9.55 Å². The summed E-state index contributed by atoms with van der Waals surface area (Å²) in [7, 11) is -1.66. The standard InChI is InChI=1S/C5H9N3O2S/c1-8-3-7-4(6)5(8)11(2,9)10/h3H,6H2,1-2H3. The molecule has 1 aromatic heterocycles. The molecule has 0 unspecified atom stereocenters. The van der Waals surface area contributed by atoms with Gasteiger partial charge in [0.25, 0.3) is 0 Å². The summed E-state index contributed by atoms with van der Waals surface area (Å²) in [6.07, 6.45) is 2.46. The molecule has 0 saturated heterocycles. The summed E-state index contributed by atoms with van der Waals surface area (Å²) in [5.74, 6) is 0.0509. The predicted octanol–water partition coefficient (Wildman–Crippen LogP) is -0.594. The van der Waals surface area contributed by atoms with E-state index in [0.29, 0.717) is 0 Å². The van der Waals surface area contributed by atoms with Gasteiger partial charge in [-0.3, -0.25) is 0 Å². The van der Waals surface area contributed by atoms with Crippen LogP contribution in [0.25, 0.3) is 0 Å². The van der Waals surface area contributed by atoms with Gasteiger partial charge < -0.3 is 10.3 Å². The lowest BCUT2D eigenvalue weighted by Crippen LogP contribution is -2.06. The Bertz CT molecular complexity index is 346. The fourth-order valence-electron chi connectivity index (χ4n) is 0.889. The van der Waals surface area contributed by atoms with E-state index in [0.717, 1.165) is 6.26 Å². The topological polar surface area (TPSA) is 78.0 Å². The molecular weight excluding hydrogens is 166 g/mol. The molecular formula is C5H9N3O2S. The van der Waals surface area contributed by atoms with E-state index >= 15 is 0 Å². The number of aromatic nitrogens is 2. The van der Waals surface area contributed by atoms with Crippen molar-refractivity contribution in [2.24, 2.45) is 7.05 Å². The van der Waals surface area contributed by atoms with Crippen LogP contribution in [0.3, 0.4) is 0 Å². The molecule has 1 aromatic rings. The zero-order valence-corrected chi connectivity index (χ0v) is 7.09. The number of sulfone groups is 1. The number of hydrogen-bond donors (Lipinski definition) is 1. The number of hydrogen-bond acceptors (Lipinski definition) is 4. The minimum absolute atomic E-state index is 0.0509. The number of anilines is 1. The summed E-state index contributed by atoms with van der Waals surface area (Å²) >= 11 is 0. The molecule has 11 heavy (non-hydrogen) atoms. The maximum Gasteiger partial charge on any atom is 0.194 e. The van der Waals surface area contributed by atoms with E-state index in [1.165, 1.54) is 10.9 Å². The van der Waals surface area contributed by atoms with Gasteiger partial charge in [0.1, 0.15) is 0 Å². The largest absolute Gasteiger partial charge is 0.381 e. The van der Waals surface area contributed by atoms with Crippen LogP contribution in [0.5, 0.6) is 0 Å². The summed E-state index contributed by atoms with van der Waals surface area (Å²) in [5.41, 5.74) is 5.32. The van der Waals surface area contributed by atoms with Crippen LogP contribution in [-0.2, 0) is 16.9 Å². The van der Waals surface area contributed by atoms with Crippen molar-refractivity contribution in [2.45, 2.75) is 5.03 Å². The van der Waals surface area contributed by atoms with E-state index in [9.17, 15) is 8.42 Å². The highest BCUT2D eigenvalue weighted by Gasteiger charge is 2.16. The molecule has 62 valence electrons. The van der Waals surface area contributed by atoms with E-state index < -0.39 is 9.84 Å². The molecule has 0 radical (unpaired) electrons. The number of nitrogens with zero attached hydrogens (tertiary/aromatic N) is 2. The second kappa shape index (κ2) is 2.23. The van der Waals surface area contributed by atoms with E-state index in [2.05, 4.69) is 4.98 Å². The predicted molar refractivity (Wildman–Crippen MR) is 40.7 cm³/mol. The molecule has 0 spiro atoms. The zero-order valence-electron chi connectivity index (χ0n) is 6.27. The molecule has 0 atom stereocenters. The second-order valence-electron chi connectivity index (χ2n) is 2.32. The lowest BCUT2D eigenvalue weighted by atomic mass is 10.8. The lowest BCUT2D eigenvalue weighted by Gasteiger charge is -1.98. The Kier molecular flexibility index (Phi) is 1.63. The van der Waals surface area contributed by atoms with Gasteiger partial charge in [-0.1, -0.05) is 0 Å². The molecule has 1 rings (SSSR count). The highest BCUT2D eigenvalue weighted by Crippen LogP contribution is 2.13. The SMILES string of the molecule is Cn1cnc(N)c1S(C)(=O)=O. The number of nitrogen functional groups attached to an aromatic ring is 1. The van der Waals surface area contributed by atoms with Crippen molar-refractivity contribution in [3.8, 4) is 0 Å². The van der Waals surface area contributed by atoms with E-state index in [4.69, 9.17) is 5.73 Å². The van der Waals surface area contributed by atoms with E-state index in [1.807, 2.05) is 0 Å². The van der Waals surface area contributed by atoms with Crippen molar-refractivity contribution in [3.63, 3.8) is 0 Å². The normalized spacial score (nSPS) is 11.8. The molecule has 0 amide bonds. The molecule has 0 aliphatic carbocycles. The first-order valence-electron chi connectivity index (χ1n) is 2.90. The van der Waals surface area contributed by atoms with Gasteiger partial charge >= 0.3 is 0 Å². The monoisotopic (exact) mass is 175 g/mol. The minimum Gasteiger partial charge on any atom is -0.381 e. The summed E-state index contributed by atoms with van der Waals surface area (Å²) in [6.45, 7) is 0. The van der Waals surface area contributed by atoms with Crippen LogP contribution in [0.4, 0.5) is 5.82 Å². The molecule has 0 saturated carbocycles. The Balaban J connectivity index is 3.45. The number of aryl methyl sites for hydroxylation is 1. The number of imidazole rings is 1. The van der Waals surface area contributed by atoms with Crippen molar-refractivity contribution in [1.29, 1.82) is 0 Å². The first kappa shape index (κ1) is 8.06. The molecule has 0 bridgehead atoms. The summed E-state index contributed by atoms with van der Waals surface area (Å²) < 4.78 is 23.4. The van der Waals surface area contributed by atoms with Crippen molar-refractivity contribution in [3.05, 3.63) is 6.33 Å². The molecule has 1 heterocycles. The van der Waals surface area contributed by atoms with Crippen LogP contribution in [0.15, 0.2) is 11.4 Å². The molecule has 2 N–H and O–H groups in total. The van der Waals surface area contributed by atoms with E-state index in [1.54, 1.807) is 7.05 Å². The molecule has 0 aliphatic rings. The number of rotatable bonds is 1. The van der Waals surface area contributed by atoms with Crippen LogP contribution in [-0.4, -0.2) is 24.2 Å². The molecule has 0 aliphatic heterocycles. The van der Waals surface area contributed by atoms with Gasteiger partial charge in [-0.05, 0) is 0 Å². The first-order valence-corrected chi connectivity index (χ1v) is 4.79. The van der Waals surface area contributed by atoms with Gasteiger partial charge in [0.2, 0.25) is 0 Å². The average molecular weight is 175 g/mol. The summed E-state index contributed by atoms with van der Waals surface area (Å²) in [6, 6.07) is 0. The Morgan fingerprint density at radius 2 is 2.18 bits per heavy atom. The third-order valence-electron chi connectivity index (χ3n) is 1.26. The van der Waals surface area contributed by atoms with Crippen LogP contribution in [0.1, 0.15) is 0 Å². The quantitative estimate of drug-likeness (QED) is 0.618. The van der Waals surface area contributed by atoms with Crippen LogP contribution >= 0.6 is 0 Å². The second-order valence-corrected chi connectivity index (χ2v) is 4.25. The third-order valence-corrected chi connectivity index (χ3v) is 2.46. The molecule has 0 fully saturated rings. The fraction of sp³-hybridized carbons (Fsp3) is 0.400. The fourth-order valence-corrected chi connectivity index (χ4v) is 1.89. The highest BCUT2D eigenvalue weighted by atomic mass is 32.2. The van der Waals surface area contributed by atoms with Gasteiger partial charge in [-0.25, -0.2) is 13.4 Å². The van der Waals surface area contributed by atoms with Gasteiger partial charge in [0.05, 0.1) is 6.33 Å². The Morgan fingerprint density at radius 1 is 1.64 bits per heavy atom. The van der Waals surface area contributed by atoms with E-state index in [-0.39, 0.29) is 10.8 Å². The maximum atomic E-state index is 11.0. The zero-order chi connectivity index (χ0) is 8.65.